The quantitative estimate of drug-likeness (QED) is 0.230. The van der Waals surface area contributed by atoms with Crippen LogP contribution in [0.5, 0.6) is 0 Å². The molecule has 1 fully saturated rings. The van der Waals surface area contributed by atoms with Gasteiger partial charge in [-0.15, -0.1) is 5.10 Å². The molecule has 0 saturated carbocycles. The van der Waals surface area contributed by atoms with Crippen molar-refractivity contribution in [2.24, 2.45) is 0 Å². The Labute approximate surface area is 272 Å². The fourth-order valence-corrected chi connectivity index (χ4v) is 7.41. The number of carbonyl (C=O) groups excluding carboxylic acids is 2. The molecule has 0 spiro atoms. The van der Waals surface area contributed by atoms with E-state index >= 15 is 4.39 Å². The number of rotatable bonds is 7. The average Bonchev–Trinajstić information content (AvgIpc) is 3.68. The highest BCUT2D eigenvalue weighted by atomic mass is 35.5. The van der Waals surface area contributed by atoms with Crippen LogP contribution in [0.1, 0.15) is 64.3 Å². The van der Waals surface area contributed by atoms with Gasteiger partial charge in [-0.3, -0.25) is 14.6 Å². The molecule has 0 aliphatic carbocycles. The standard InChI is InChI=1S/C32H36ClFN8O3Si/c1-18(45-46(5,6)32(2,3)4)25-16-35-24-15-20(7-10-23(24)38-25)37-31(44)27-11-8-21-13-19(14-28(43)42(21)27)29-26(41-17-36-39-40-41)12-9-22(33)30(29)34/h7,9-10,12,14-18,21,27H,8,11,13H2,1-6H3,(H,37,44)/t18?,21?,27-/m0/s1. The molecule has 0 radical (unpaired) electrons. The van der Waals surface area contributed by atoms with Crippen LogP contribution >= 0.6 is 11.6 Å². The minimum Gasteiger partial charge on any atom is -0.409 e. The van der Waals surface area contributed by atoms with E-state index in [4.69, 9.17) is 21.0 Å². The number of halogens is 2. The van der Waals surface area contributed by atoms with E-state index < -0.39 is 20.2 Å². The van der Waals surface area contributed by atoms with Gasteiger partial charge in [0.25, 0.3) is 0 Å². The van der Waals surface area contributed by atoms with Crippen LogP contribution in [0.25, 0.3) is 22.3 Å². The van der Waals surface area contributed by atoms with Crippen molar-refractivity contribution in [3.8, 4) is 5.69 Å². The Morgan fingerprint density at radius 1 is 1.17 bits per heavy atom. The van der Waals surface area contributed by atoms with Crippen LogP contribution in [0.3, 0.4) is 0 Å². The van der Waals surface area contributed by atoms with Crippen molar-refractivity contribution in [1.29, 1.82) is 0 Å². The summed E-state index contributed by atoms with van der Waals surface area (Å²) >= 11 is 6.13. The van der Waals surface area contributed by atoms with E-state index in [2.05, 4.69) is 59.7 Å². The number of hydrogen-bond donors (Lipinski definition) is 1. The lowest BCUT2D eigenvalue weighted by Crippen LogP contribution is -2.48. The average molecular weight is 663 g/mol. The van der Waals surface area contributed by atoms with Gasteiger partial charge < -0.3 is 14.6 Å². The van der Waals surface area contributed by atoms with Crippen molar-refractivity contribution in [2.75, 3.05) is 5.32 Å². The van der Waals surface area contributed by atoms with Gasteiger partial charge in [0.1, 0.15) is 12.4 Å². The van der Waals surface area contributed by atoms with Gasteiger partial charge >= 0.3 is 0 Å². The first-order chi connectivity index (χ1) is 21.7. The Morgan fingerprint density at radius 2 is 1.96 bits per heavy atom. The van der Waals surface area contributed by atoms with Crippen molar-refractivity contribution < 1.29 is 18.4 Å². The van der Waals surface area contributed by atoms with Crippen LogP contribution in [0, 0.1) is 5.82 Å². The van der Waals surface area contributed by atoms with Crippen LogP contribution in [0.2, 0.25) is 23.2 Å². The lowest BCUT2D eigenvalue weighted by molar-refractivity contribution is -0.135. The van der Waals surface area contributed by atoms with Crippen LogP contribution in [-0.4, -0.2) is 67.3 Å². The van der Waals surface area contributed by atoms with Gasteiger partial charge in [0.2, 0.25) is 11.8 Å². The SMILES string of the molecule is CC(O[Si](C)(C)C(C)(C)C)c1cnc2cc(NC(=O)[C@@H]3CCC4CC(c5c(-n6cnnn6)ccc(Cl)c5F)=CC(=O)N43)ccc2n1. The molecule has 3 atom stereocenters. The van der Waals surface area contributed by atoms with Crippen molar-refractivity contribution >= 4 is 54.0 Å². The number of benzene rings is 2. The molecule has 1 N–H and O–H groups in total. The fourth-order valence-electron chi connectivity index (χ4n) is 5.90. The van der Waals surface area contributed by atoms with E-state index in [9.17, 15) is 9.59 Å². The predicted molar refractivity (Wildman–Crippen MR) is 175 cm³/mol. The number of carbonyl (C=O) groups is 2. The minimum atomic E-state index is -1.99. The molecular weight excluding hydrogens is 627 g/mol. The predicted octanol–water partition coefficient (Wildman–Crippen LogP) is 6.27. The third-order valence-electron chi connectivity index (χ3n) is 9.33. The number of aromatic nitrogens is 6. The molecule has 1 saturated heterocycles. The number of hydrogen-bond acceptors (Lipinski definition) is 8. The highest BCUT2D eigenvalue weighted by Gasteiger charge is 2.43. The highest BCUT2D eigenvalue weighted by molar-refractivity contribution is 6.74. The summed E-state index contributed by atoms with van der Waals surface area (Å²) < 4.78 is 23.2. The smallest absolute Gasteiger partial charge is 0.247 e. The molecule has 2 aromatic carbocycles. The molecule has 6 rings (SSSR count). The van der Waals surface area contributed by atoms with E-state index in [1.807, 2.05) is 13.0 Å². The Bertz CT molecular complexity index is 1860. The summed E-state index contributed by atoms with van der Waals surface area (Å²) in [6, 6.07) is 7.46. The normalized spacial score (nSPS) is 19.3. The third kappa shape index (κ3) is 5.94. The molecule has 2 aliphatic rings. The maximum Gasteiger partial charge on any atom is 0.247 e. The molecule has 240 valence electrons. The second-order valence-electron chi connectivity index (χ2n) is 13.4. The first-order valence-electron chi connectivity index (χ1n) is 15.2. The summed E-state index contributed by atoms with van der Waals surface area (Å²) in [7, 11) is -1.99. The number of nitrogens with one attached hydrogen (secondary N) is 1. The van der Waals surface area contributed by atoms with Gasteiger partial charge in [0, 0.05) is 23.4 Å². The molecular formula is C32H36ClFN8O3Si. The number of amides is 2. The van der Waals surface area contributed by atoms with Gasteiger partial charge in [-0.05, 0) is 90.7 Å². The van der Waals surface area contributed by atoms with Gasteiger partial charge in [-0.2, -0.15) is 4.68 Å². The molecule has 2 aliphatic heterocycles. The van der Waals surface area contributed by atoms with Crippen LogP contribution in [0.4, 0.5) is 10.1 Å². The summed E-state index contributed by atoms with van der Waals surface area (Å²) in [4.78, 5) is 37.9. The monoisotopic (exact) mass is 662 g/mol. The molecule has 11 nitrogen and oxygen atoms in total. The van der Waals surface area contributed by atoms with Crippen molar-refractivity contribution in [3.63, 3.8) is 0 Å². The van der Waals surface area contributed by atoms with Gasteiger partial charge in [0.15, 0.2) is 14.1 Å². The van der Waals surface area contributed by atoms with E-state index in [0.717, 1.165) is 5.69 Å². The molecule has 14 heteroatoms. The Kier molecular flexibility index (Phi) is 8.28. The first kappa shape index (κ1) is 31.9. The van der Waals surface area contributed by atoms with E-state index in [1.54, 1.807) is 29.3 Å². The van der Waals surface area contributed by atoms with Crippen molar-refractivity contribution in [3.05, 3.63) is 71.0 Å². The van der Waals surface area contributed by atoms with E-state index in [0.29, 0.717) is 47.2 Å². The number of fused-ring (bicyclic) bond motifs is 2. The van der Waals surface area contributed by atoms with E-state index in [1.165, 1.54) is 23.2 Å². The topological polar surface area (TPSA) is 128 Å². The molecule has 46 heavy (non-hydrogen) atoms. The molecule has 2 unspecified atom stereocenters. The number of nitrogens with zero attached hydrogens (tertiary/aromatic N) is 7. The summed E-state index contributed by atoms with van der Waals surface area (Å²) in [5.41, 5.74) is 3.66. The molecule has 0 bridgehead atoms. The zero-order chi connectivity index (χ0) is 33.0. The number of anilines is 1. The van der Waals surface area contributed by atoms with Crippen LogP contribution in [0.15, 0.2) is 48.9 Å². The Balaban J connectivity index is 1.18. The lowest BCUT2D eigenvalue weighted by atomic mass is 9.92. The zero-order valence-corrected chi connectivity index (χ0v) is 28.3. The first-order valence-corrected chi connectivity index (χ1v) is 18.5. The van der Waals surface area contributed by atoms with Crippen molar-refractivity contribution in [1.82, 2.24) is 35.1 Å². The zero-order valence-electron chi connectivity index (χ0n) is 26.6. The van der Waals surface area contributed by atoms with Crippen LogP contribution in [-0.2, 0) is 14.0 Å². The molecule has 4 heterocycles. The number of tetrazole rings is 1. The Morgan fingerprint density at radius 3 is 2.67 bits per heavy atom. The van der Waals surface area contributed by atoms with Crippen molar-refractivity contribution in [2.45, 2.75) is 83.3 Å². The summed E-state index contributed by atoms with van der Waals surface area (Å²) in [5, 5.41) is 14.1. The van der Waals surface area contributed by atoms with Gasteiger partial charge in [0.05, 0.1) is 39.7 Å². The lowest BCUT2D eigenvalue weighted by Gasteiger charge is -2.38. The molecule has 2 aromatic heterocycles. The Hall–Kier alpha value is -4.07. The fraction of sp³-hybridized carbons (Fsp3) is 0.406. The van der Waals surface area contributed by atoms with Crippen LogP contribution < -0.4 is 5.32 Å². The second kappa shape index (κ2) is 11.9. The molecule has 2 amide bonds. The van der Waals surface area contributed by atoms with Gasteiger partial charge in [-0.25, -0.2) is 9.37 Å². The minimum absolute atomic E-state index is 0.0726. The second-order valence-corrected chi connectivity index (χ2v) is 18.5. The largest absolute Gasteiger partial charge is 0.409 e. The summed E-state index contributed by atoms with van der Waals surface area (Å²) in [5.74, 6) is -1.31. The highest BCUT2D eigenvalue weighted by Crippen LogP contribution is 2.41. The molecule has 4 aromatic rings. The summed E-state index contributed by atoms with van der Waals surface area (Å²) in [6.07, 6.45) is 5.66. The summed E-state index contributed by atoms with van der Waals surface area (Å²) in [6.45, 7) is 13.0. The maximum absolute atomic E-state index is 15.4. The maximum atomic E-state index is 15.4. The van der Waals surface area contributed by atoms with E-state index in [-0.39, 0.29) is 39.6 Å². The van der Waals surface area contributed by atoms with Gasteiger partial charge in [-0.1, -0.05) is 32.4 Å². The third-order valence-corrected chi connectivity index (χ3v) is 14.2.